The molecule has 0 bridgehead atoms. The van der Waals surface area contributed by atoms with Crippen LogP contribution in [0.5, 0.6) is 0 Å². The lowest BCUT2D eigenvalue weighted by Gasteiger charge is -2.07. The van der Waals surface area contributed by atoms with Gasteiger partial charge in [0.05, 0.1) is 5.69 Å². The molecule has 6 nitrogen and oxygen atoms in total. The highest BCUT2D eigenvalue weighted by molar-refractivity contribution is 5.89. The molecule has 0 spiro atoms. The van der Waals surface area contributed by atoms with Crippen LogP contribution in [0.15, 0.2) is 24.7 Å². The summed E-state index contributed by atoms with van der Waals surface area (Å²) in [7, 11) is 0. The third kappa shape index (κ3) is 2.60. The first-order chi connectivity index (χ1) is 8.56. The summed E-state index contributed by atoms with van der Waals surface area (Å²) in [6.45, 7) is 3.29. The number of carbonyl (C=O) groups excluding carboxylic acids is 1. The average Bonchev–Trinajstić information content (AvgIpc) is 2.28. The molecule has 2 aromatic heterocycles. The van der Waals surface area contributed by atoms with Crippen molar-refractivity contribution in [3.63, 3.8) is 0 Å². The predicted octanol–water partition coefficient (Wildman–Crippen LogP) is 1.39. The number of nitrogens with two attached hydrogens (primary N) is 1. The molecular formula is C12H13N5O. The largest absolute Gasteiger partial charge is 0.398 e. The van der Waals surface area contributed by atoms with Crippen molar-refractivity contribution in [3.8, 4) is 11.3 Å². The summed E-state index contributed by atoms with van der Waals surface area (Å²) >= 11 is 0. The van der Waals surface area contributed by atoms with Crippen LogP contribution >= 0.6 is 0 Å². The van der Waals surface area contributed by atoms with Gasteiger partial charge in [-0.2, -0.15) is 0 Å². The zero-order chi connectivity index (χ0) is 13.1. The lowest BCUT2D eigenvalue weighted by atomic mass is 10.1. The minimum absolute atomic E-state index is 0.187. The summed E-state index contributed by atoms with van der Waals surface area (Å²) in [4.78, 5) is 23.2. The predicted molar refractivity (Wildman–Crippen MR) is 68.7 cm³/mol. The fourth-order valence-corrected chi connectivity index (χ4v) is 1.54. The van der Waals surface area contributed by atoms with Crippen molar-refractivity contribution >= 4 is 17.4 Å². The molecular weight excluding hydrogens is 230 g/mol. The van der Waals surface area contributed by atoms with E-state index in [4.69, 9.17) is 5.73 Å². The zero-order valence-electron chi connectivity index (χ0n) is 10.1. The fraction of sp³-hybridized carbons (Fsp3) is 0.167. The Bertz CT molecular complexity index is 597. The number of amides is 1. The van der Waals surface area contributed by atoms with E-state index in [1.54, 1.807) is 12.3 Å². The Labute approximate surface area is 104 Å². The van der Waals surface area contributed by atoms with Crippen molar-refractivity contribution < 1.29 is 4.79 Å². The second-order valence-electron chi connectivity index (χ2n) is 3.88. The molecule has 18 heavy (non-hydrogen) atoms. The number of nitrogens with zero attached hydrogens (tertiary/aromatic N) is 3. The van der Waals surface area contributed by atoms with E-state index in [0.29, 0.717) is 17.2 Å². The molecule has 92 valence electrons. The number of aryl methyl sites for hydroxylation is 1. The summed E-state index contributed by atoms with van der Waals surface area (Å²) in [5.74, 6) is 0.238. The van der Waals surface area contributed by atoms with E-state index in [2.05, 4.69) is 20.3 Å². The molecule has 0 aliphatic carbocycles. The number of pyridine rings is 1. The lowest BCUT2D eigenvalue weighted by Crippen LogP contribution is -2.08. The number of nitrogens with one attached hydrogen (secondary N) is 1. The Morgan fingerprint density at radius 1 is 1.28 bits per heavy atom. The maximum Gasteiger partial charge on any atom is 0.222 e. The molecule has 2 rings (SSSR count). The van der Waals surface area contributed by atoms with Crippen LogP contribution < -0.4 is 11.1 Å². The van der Waals surface area contributed by atoms with E-state index in [0.717, 1.165) is 11.3 Å². The number of carbonyl (C=O) groups is 1. The van der Waals surface area contributed by atoms with Gasteiger partial charge in [-0.1, -0.05) is 0 Å². The average molecular weight is 243 g/mol. The molecule has 3 N–H and O–H groups in total. The van der Waals surface area contributed by atoms with Gasteiger partial charge in [-0.25, -0.2) is 15.0 Å². The van der Waals surface area contributed by atoms with Crippen molar-refractivity contribution in [3.05, 3.63) is 30.4 Å². The maximum absolute atomic E-state index is 10.9. The molecule has 0 radical (unpaired) electrons. The third-order valence-corrected chi connectivity index (χ3v) is 2.32. The monoisotopic (exact) mass is 243 g/mol. The maximum atomic E-state index is 10.9. The molecule has 0 aliphatic heterocycles. The highest BCUT2D eigenvalue weighted by atomic mass is 16.1. The zero-order valence-corrected chi connectivity index (χ0v) is 10.1. The first-order valence-corrected chi connectivity index (χ1v) is 5.38. The smallest absolute Gasteiger partial charge is 0.222 e. The highest BCUT2D eigenvalue weighted by Gasteiger charge is 2.07. The molecule has 0 aliphatic rings. The van der Waals surface area contributed by atoms with Crippen molar-refractivity contribution in [1.82, 2.24) is 15.0 Å². The summed E-state index contributed by atoms with van der Waals surface area (Å²) in [5, 5.41) is 2.57. The Morgan fingerprint density at radius 2 is 2.06 bits per heavy atom. The van der Waals surface area contributed by atoms with Gasteiger partial charge in [-0.3, -0.25) is 4.79 Å². The Kier molecular flexibility index (Phi) is 3.18. The van der Waals surface area contributed by atoms with Crippen LogP contribution in [0.2, 0.25) is 0 Å². The van der Waals surface area contributed by atoms with Crippen molar-refractivity contribution in [2.75, 3.05) is 11.1 Å². The SMILES string of the molecule is CC(=O)Nc1cc(N)c(-c2cc(C)ncn2)cn1. The van der Waals surface area contributed by atoms with E-state index in [9.17, 15) is 4.79 Å². The van der Waals surface area contributed by atoms with Crippen molar-refractivity contribution in [1.29, 1.82) is 0 Å². The van der Waals surface area contributed by atoms with Gasteiger partial charge in [0.15, 0.2) is 0 Å². The summed E-state index contributed by atoms with van der Waals surface area (Å²) in [6, 6.07) is 3.43. The van der Waals surface area contributed by atoms with E-state index >= 15 is 0 Å². The minimum Gasteiger partial charge on any atom is -0.398 e. The summed E-state index contributed by atoms with van der Waals surface area (Å²) in [5.41, 5.74) is 8.71. The van der Waals surface area contributed by atoms with E-state index < -0.39 is 0 Å². The normalized spacial score (nSPS) is 10.1. The van der Waals surface area contributed by atoms with Gasteiger partial charge < -0.3 is 11.1 Å². The van der Waals surface area contributed by atoms with Gasteiger partial charge >= 0.3 is 0 Å². The second kappa shape index (κ2) is 4.79. The standard InChI is InChI=1S/C12H13N5O/c1-7-3-11(16-6-15-7)9-5-14-12(4-10(9)13)17-8(2)18/h3-6H,1-2H3,(H3,13,14,17,18). The minimum atomic E-state index is -0.187. The molecule has 2 heterocycles. The summed E-state index contributed by atoms with van der Waals surface area (Å²) in [6.07, 6.45) is 3.06. The molecule has 0 fully saturated rings. The highest BCUT2D eigenvalue weighted by Crippen LogP contribution is 2.25. The van der Waals surface area contributed by atoms with Gasteiger partial charge in [0.25, 0.3) is 0 Å². The number of aromatic nitrogens is 3. The molecule has 6 heteroatoms. The number of anilines is 2. The number of nitrogen functional groups attached to an aromatic ring is 1. The van der Waals surface area contributed by atoms with Crippen LogP contribution in [0, 0.1) is 6.92 Å². The van der Waals surface area contributed by atoms with Crippen molar-refractivity contribution in [2.24, 2.45) is 0 Å². The molecule has 0 atom stereocenters. The fourth-order valence-electron chi connectivity index (χ4n) is 1.54. The van der Waals surface area contributed by atoms with E-state index in [1.807, 2.05) is 13.0 Å². The first-order valence-electron chi connectivity index (χ1n) is 5.38. The van der Waals surface area contributed by atoms with Gasteiger partial charge in [0.2, 0.25) is 5.91 Å². The topological polar surface area (TPSA) is 93.8 Å². The Morgan fingerprint density at radius 3 is 2.67 bits per heavy atom. The molecule has 0 unspecified atom stereocenters. The molecule has 2 aromatic rings. The molecule has 1 amide bonds. The molecule has 0 aromatic carbocycles. The number of hydrogen-bond donors (Lipinski definition) is 2. The van der Waals surface area contributed by atoms with Crippen LogP contribution in [0.25, 0.3) is 11.3 Å². The van der Waals surface area contributed by atoms with E-state index in [1.165, 1.54) is 13.3 Å². The van der Waals surface area contributed by atoms with Crippen LogP contribution in [-0.4, -0.2) is 20.9 Å². The van der Waals surface area contributed by atoms with Gasteiger partial charge in [0.1, 0.15) is 12.1 Å². The number of rotatable bonds is 2. The summed E-state index contributed by atoms with van der Waals surface area (Å²) < 4.78 is 0. The first kappa shape index (κ1) is 12.0. The van der Waals surface area contributed by atoms with Crippen molar-refractivity contribution in [2.45, 2.75) is 13.8 Å². The van der Waals surface area contributed by atoms with Gasteiger partial charge in [-0.15, -0.1) is 0 Å². The lowest BCUT2D eigenvalue weighted by molar-refractivity contribution is -0.114. The second-order valence-corrected chi connectivity index (χ2v) is 3.88. The van der Waals surface area contributed by atoms with Crippen LogP contribution in [0.1, 0.15) is 12.6 Å². The Balaban J connectivity index is 2.38. The van der Waals surface area contributed by atoms with Crippen LogP contribution in [-0.2, 0) is 4.79 Å². The molecule has 0 saturated carbocycles. The number of hydrogen-bond acceptors (Lipinski definition) is 5. The van der Waals surface area contributed by atoms with E-state index in [-0.39, 0.29) is 5.91 Å². The van der Waals surface area contributed by atoms with Crippen LogP contribution in [0.3, 0.4) is 0 Å². The van der Waals surface area contributed by atoms with Crippen LogP contribution in [0.4, 0.5) is 11.5 Å². The molecule has 0 saturated heterocycles. The van der Waals surface area contributed by atoms with Gasteiger partial charge in [0, 0.05) is 36.1 Å². The quantitative estimate of drug-likeness (QED) is 0.831. The Hall–Kier alpha value is -2.50. The van der Waals surface area contributed by atoms with Gasteiger partial charge in [-0.05, 0) is 13.0 Å². The third-order valence-electron chi connectivity index (χ3n) is 2.32.